The van der Waals surface area contributed by atoms with Crippen LogP contribution in [0.2, 0.25) is 5.15 Å². The van der Waals surface area contributed by atoms with Gasteiger partial charge >= 0.3 is 0 Å². The number of halogens is 1. The summed E-state index contributed by atoms with van der Waals surface area (Å²) in [5, 5.41) is 3.11. The molecule has 0 spiro atoms. The molecular weight excluding hydrogens is 292 g/mol. The van der Waals surface area contributed by atoms with Crippen LogP contribution >= 0.6 is 11.6 Å². The molecule has 21 heavy (non-hydrogen) atoms. The average Bonchev–Trinajstić information content (AvgIpc) is 2.49. The highest BCUT2D eigenvalue weighted by molar-refractivity contribution is 6.30. The first kappa shape index (κ1) is 15.1. The van der Waals surface area contributed by atoms with Crippen molar-refractivity contribution in [2.24, 2.45) is 0 Å². The summed E-state index contributed by atoms with van der Waals surface area (Å²) in [6, 6.07) is 8.80. The molecule has 1 N–H and O–H groups in total. The molecule has 0 aliphatic heterocycles. The van der Waals surface area contributed by atoms with Gasteiger partial charge in [0.2, 0.25) is 0 Å². The maximum Gasteiger partial charge on any atom is 0.262 e. The summed E-state index contributed by atoms with van der Waals surface area (Å²) < 4.78 is 10.5. The third-order valence-electron chi connectivity index (χ3n) is 2.71. The van der Waals surface area contributed by atoms with Crippen molar-refractivity contribution in [2.75, 3.05) is 19.0 Å². The van der Waals surface area contributed by atoms with Gasteiger partial charge in [0, 0.05) is 6.07 Å². The molecule has 0 radical (unpaired) electrons. The first-order valence-electron chi connectivity index (χ1n) is 6.27. The quantitative estimate of drug-likeness (QED) is 0.862. The molecule has 1 aromatic heterocycles. The van der Waals surface area contributed by atoms with Gasteiger partial charge in [-0.25, -0.2) is 4.98 Å². The van der Waals surface area contributed by atoms with Gasteiger partial charge in [-0.3, -0.25) is 4.79 Å². The fourth-order valence-corrected chi connectivity index (χ4v) is 1.77. The van der Waals surface area contributed by atoms with Crippen molar-refractivity contribution in [3.8, 4) is 11.5 Å². The molecule has 1 amide bonds. The van der Waals surface area contributed by atoms with E-state index in [0.717, 1.165) is 5.56 Å². The Morgan fingerprint density at radius 2 is 2.10 bits per heavy atom. The van der Waals surface area contributed by atoms with Gasteiger partial charge in [-0.1, -0.05) is 17.7 Å². The maximum atomic E-state index is 11.8. The number of aromatic nitrogens is 1. The second-order valence-corrected chi connectivity index (χ2v) is 4.71. The van der Waals surface area contributed by atoms with Crippen LogP contribution in [0.25, 0.3) is 0 Å². The van der Waals surface area contributed by atoms with Crippen LogP contribution in [0.15, 0.2) is 36.5 Å². The number of hydrogen-bond donors (Lipinski definition) is 1. The molecule has 0 aliphatic rings. The molecule has 0 atom stereocenters. The van der Waals surface area contributed by atoms with Crippen molar-refractivity contribution in [3.63, 3.8) is 0 Å². The third kappa shape index (κ3) is 4.36. The number of carbonyl (C=O) groups excluding carboxylic acids is 1. The highest BCUT2D eigenvalue weighted by Gasteiger charge is 2.06. The van der Waals surface area contributed by atoms with E-state index in [2.05, 4.69) is 10.3 Å². The zero-order chi connectivity index (χ0) is 15.2. The van der Waals surface area contributed by atoms with Gasteiger partial charge in [0.25, 0.3) is 5.91 Å². The number of anilines is 1. The minimum atomic E-state index is -0.277. The lowest BCUT2D eigenvalue weighted by Crippen LogP contribution is -2.20. The van der Waals surface area contributed by atoms with E-state index in [9.17, 15) is 4.79 Å². The standard InChI is InChI=1S/C15H15ClN2O3/c1-10-6-11(8-17-15(10)16)18-14(19)9-21-13-5-3-4-12(7-13)20-2/h3-8H,9H2,1-2H3,(H,18,19). The number of methoxy groups -OCH3 is 1. The van der Waals surface area contributed by atoms with Crippen LogP contribution in [0.5, 0.6) is 11.5 Å². The minimum absolute atomic E-state index is 0.102. The minimum Gasteiger partial charge on any atom is -0.497 e. The van der Waals surface area contributed by atoms with E-state index in [-0.39, 0.29) is 12.5 Å². The summed E-state index contributed by atoms with van der Waals surface area (Å²) >= 11 is 5.83. The second-order valence-electron chi connectivity index (χ2n) is 4.35. The number of aryl methyl sites for hydroxylation is 1. The van der Waals surface area contributed by atoms with Crippen LogP contribution in [0.3, 0.4) is 0 Å². The molecule has 5 nitrogen and oxygen atoms in total. The first-order valence-corrected chi connectivity index (χ1v) is 6.65. The molecule has 6 heteroatoms. The number of amides is 1. The normalized spacial score (nSPS) is 10.0. The Labute approximate surface area is 127 Å². The number of rotatable bonds is 5. The highest BCUT2D eigenvalue weighted by atomic mass is 35.5. The van der Waals surface area contributed by atoms with Crippen molar-refractivity contribution in [1.82, 2.24) is 4.98 Å². The first-order chi connectivity index (χ1) is 10.1. The zero-order valence-corrected chi connectivity index (χ0v) is 12.5. The number of nitrogens with one attached hydrogen (secondary N) is 1. The zero-order valence-electron chi connectivity index (χ0n) is 11.7. The molecule has 110 valence electrons. The summed E-state index contributed by atoms with van der Waals surface area (Å²) in [7, 11) is 1.57. The summed E-state index contributed by atoms with van der Waals surface area (Å²) in [6.45, 7) is 1.71. The molecule has 2 rings (SSSR count). The summed E-state index contributed by atoms with van der Waals surface area (Å²) in [6.07, 6.45) is 1.50. The van der Waals surface area contributed by atoms with E-state index in [1.165, 1.54) is 6.20 Å². The number of pyridine rings is 1. The maximum absolute atomic E-state index is 11.8. The van der Waals surface area contributed by atoms with E-state index < -0.39 is 0 Å². The highest BCUT2D eigenvalue weighted by Crippen LogP contribution is 2.19. The van der Waals surface area contributed by atoms with Gasteiger partial charge in [-0.15, -0.1) is 0 Å². The Bertz CT molecular complexity index is 647. The number of hydrogen-bond acceptors (Lipinski definition) is 4. The fraction of sp³-hybridized carbons (Fsp3) is 0.200. The lowest BCUT2D eigenvalue weighted by Gasteiger charge is -2.09. The van der Waals surface area contributed by atoms with Crippen LogP contribution in [-0.2, 0) is 4.79 Å². The van der Waals surface area contributed by atoms with Crippen LogP contribution in [0, 0.1) is 6.92 Å². The number of nitrogens with zero attached hydrogens (tertiary/aromatic N) is 1. The van der Waals surface area contributed by atoms with Crippen LogP contribution in [0.4, 0.5) is 5.69 Å². The van der Waals surface area contributed by atoms with Gasteiger partial charge in [0.05, 0.1) is 19.0 Å². The SMILES string of the molecule is COc1cccc(OCC(=O)Nc2cnc(Cl)c(C)c2)c1. The van der Waals surface area contributed by atoms with Gasteiger partial charge in [0.15, 0.2) is 6.61 Å². The largest absolute Gasteiger partial charge is 0.497 e. The Morgan fingerprint density at radius 1 is 1.33 bits per heavy atom. The Hall–Kier alpha value is -2.27. The third-order valence-corrected chi connectivity index (χ3v) is 3.10. The van der Waals surface area contributed by atoms with Gasteiger partial charge in [-0.2, -0.15) is 0 Å². The predicted molar refractivity (Wildman–Crippen MR) is 81.1 cm³/mol. The van der Waals surface area contributed by atoms with Crippen molar-refractivity contribution >= 4 is 23.2 Å². The molecule has 0 unspecified atom stereocenters. The van der Waals surface area contributed by atoms with Crippen LogP contribution < -0.4 is 14.8 Å². The van der Waals surface area contributed by atoms with E-state index in [1.54, 1.807) is 37.4 Å². The molecule has 0 saturated carbocycles. The monoisotopic (exact) mass is 306 g/mol. The molecular formula is C15H15ClN2O3. The number of ether oxygens (including phenoxy) is 2. The Morgan fingerprint density at radius 3 is 2.81 bits per heavy atom. The summed E-state index contributed by atoms with van der Waals surface area (Å²) in [4.78, 5) is 15.8. The van der Waals surface area contributed by atoms with E-state index in [0.29, 0.717) is 22.3 Å². The van der Waals surface area contributed by atoms with E-state index >= 15 is 0 Å². The molecule has 2 aromatic rings. The lowest BCUT2D eigenvalue weighted by molar-refractivity contribution is -0.118. The van der Waals surface area contributed by atoms with Crippen LogP contribution in [0.1, 0.15) is 5.56 Å². The van der Waals surface area contributed by atoms with Gasteiger partial charge in [-0.05, 0) is 30.7 Å². The fourth-order valence-electron chi connectivity index (χ4n) is 1.66. The molecule has 0 aliphatic carbocycles. The van der Waals surface area contributed by atoms with Crippen molar-refractivity contribution in [3.05, 3.63) is 47.2 Å². The van der Waals surface area contributed by atoms with Crippen LogP contribution in [-0.4, -0.2) is 24.6 Å². The summed E-state index contributed by atoms with van der Waals surface area (Å²) in [5.74, 6) is 0.960. The Balaban J connectivity index is 1.91. The molecule has 0 saturated heterocycles. The topological polar surface area (TPSA) is 60.5 Å². The molecule has 1 heterocycles. The molecule has 0 bridgehead atoms. The van der Waals surface area contributed by atoms with Crippen molar-refractivity contribution < 1.29 is 14.3 Å². The smallest absolute Gasteiger partial charge is 0.262 e. The van der Waals surface area contributed by atoms with Gasteiger partial charge < -0.3 is 14.8 Å². The van der Waals surface area contributed by atoms with E-state index in [1.807, 2.05) is 6.92 Å². The number of carbonyl (C=O) groups is 1. The number of benzene rings is 1. The molecule has 0 fully saturated rings. The van der Waals surface area contributed by atoms with Crippen molar-refractivity contribution in [2.45, 2.75) is 6.92 Å². The average molecular weight is 307 g/mol. The van der Waals surface area contributed by atoms with Crippen molar-refractivity contribution in [1.29, 1.82) is 0 Å². The lowest BCUT2D eigenvalue weighted by atomic mass is 10.3. The summed E-state index contributed by atoms with van der Waals surface area (Å²) in [5.41, 5.74) is 1.37. The van der Waals surface area contributed by atoms with E-state index in [4.69, 9.17) is 21.1 Å². The second kappa shape index (κ2) is 6.95. The Kier molecular flexibility index (Phi) is 5.00. The predicted octanol–water partition coefficient (Wildman–Crippen LogP) is 3.07. The van der Waals surface area contributed by atoms with Gasteiger partial charge in [0.1, 0.15) is 16.7 Å². The molecule has 1 aromatic carbocycles.